The van der Waals surface area contributed by atoms with E-state index in [2.05, 4.69) is 11.8 Å². The third-order valence-electron chi connectivity index (χ3n) is 6.80. The Bertz CT molecular complexity index is 1700. The van der Waals surface area contributed by atoms with E-state index in [9.17, 15) is 30.7 Å². The summed E-state index contributed by atoms with van der Waals surface area (Å²) in [4.78, 5) is -0.667. The SMILES string of the molecule is C[C@@H]1CN([C@H](C)CO)S(=O)(=O)c2ccc(C#Cc3cccc(F)c3)cc2O[C@@H]1CN(C)S(=O)(=O)c1ccccc1F. The Kier molecular flexibility index (Phi) is 9.16. The topological polar surface area (TPSA) is 104 Å². The van der Waals surface area contributed by atoms with Gasteiger partial charge in [0, 0.05) is 36.7 Å². The van der Waals surface area contributed by atoms with Gasteiger partial charge in [-0.2, -0.15) is 8.61 Å². The second-order valence-corrected chi connectivity index (χ2v) is 13.8. The first kappa shape index (κ1) is 30.6. The molecule has 218 valence electrons. The van der Waals surface area contributed by atoms with Crippen LogP contribution in [0.4, 0.5) is 8.78 Å². The summed E-state index contributed by atoms with van der Waals surface area (Å²) in [6, 6.07) is 14.2. The fourth-order valence-electron chi connectivity index (χ4n) is 4.41. The van der Waals surface area contributed by atoms with Crippen molar-refractivity contribution in [2.24, 2.45) is 5.92 Å². The predicted molar refractivity (Wildman–Crippen MR) is 149 cm³/mol. The van der Waals surface area contributed by atoms with Crippen LogP contribution in [0.5, 0.6) is 5.75 Å². The Hall–Kier alpha value is -3.34. The Morgan fingerprint density at radius 1 is 1.07 bits per heavy atom. The molecule has 0 spiro atoms. The van der Waals surface area contributed by atoms with Crippen molar-refractivity contribution in [3.63, 3.8) is 0 Å². The lowest BCUT2D eigenvalue weighted by molar-refractivity contribution is 0.0904. The second-order valence-electron chi connectivity index (χ2n) is 9.88. The number of hydrogen-bond acceptors (Lipinski definition) is 6. The largest absolute Gasteiger partial charge is 0.487 e. The van der Waals surface area contributed by atoms with E-state index >= 15 is 0 Å². The molecule has 3 atom stereocenters. The molecule has 0 fully saturated rings. The lowest BCUT2D eigenvalue weighted by Gasteiger charge is -2.37. The summed E-state index contributed by atoms with van der Waals surface area (Å²) < 4.78 is 90.0. The highest BCUT2D eigenvalue weighted by atomic mass is 32.2. The Morgan fingerprint density at radius 2 is 1.76 bits per heavy atom. The zero-order valence-corrected chi connectivity index (χ0v) is 24.3. The second kappa shape index (κ2) is 12.3. The van der Waals surface area contributed by atoms with Crippen LogP contribution < -0.4 is 4.74 Å². The molecule has 0 radical (unpaired) electrons. The number of sulfonamides is 2. The van der Waals surface area contributed by atoms with Crippen molar-refractivity contribution in [1.29, 1.82) is 0 Å². The van der Waals surface area contributed by atoms with Gasteiger partial charge in [-0.15, -0.1) is 0 Å². The van der Waals surface area contributed by atoms with Gasteiger partial charge in [0.1, 0.15) is 33.3 Å². The molecule has 1 N–H and O–H groups in total. The lowest BCUT2D eigenvalue weighted by Crippen LogP contribution is -2.50. The van der Waals surface area contributed by atoms with Crippen molar-refractivity contribution < 1.29 is 35.5 Å². The molecule has 0 saturated carbocycles. The van der Waals surface area contributed by atoms with Gasteiger partial charge in [-0.25, -0.2) is 25.6 Å². The van der Waals surface area contributed by atoms with Gasteiger partial charge in [-0.05, 0) is 55.5 Å². The molecule has 0 amide bonds. The number of fused-ring (bicyclic) bond motifs is 1. The van der Waals surface area contributed by atoms with Gasteiger partial charge in [-0.1, -0.05) is 37.0 Å². The number of likely N-dealkylation sites (N-methyl/N-ethyl adjacent to an activating group) is 1. The average molecular weight is 605 g/mol. The average Bonchev–Trinajstić information content (AvgIpc) is 2.93. The number of halogens is 2. The minimum atomic E-state index is -4.25. The summed E-state index contributed by atoms with van der Waals surface area (Å²) in [6.45, 7) is 2.54. The predicted octanol–water partition coefficient (Wildman–Crippen LogP) is 3.45. The van der Waals surface area contributed by atoms with Gasteiger partial charge in [0.25, 0.3) is 0 Å². The lowest BCUT2D eigenvalue weighted by atomic mass is 10.0. The molecule has 3 aromatic rings. The number of rotatable bonds is 6. The van der Waals surface area contributed by atoms with Crippen molar-refractivity contribution in [2.45, 2.75) is 35.8 Å². The van der Waals surface area contributed by atoms with Crippen molar-refractivity contribution in [1.82, 2.24) is 8.61 Å². The highest BCUT2D eigenvalue weighted by Gasteiger charge is 2.39. The van der Waals surface area contributed by atoms with Gasteiger partial charge in [0.15, 0.2) is 0 Å². The molecule has 0 unspecified atom stereocenters. The molecule has 0 saturated heterocycles. The molecular formula is C29H30F2N2O6S2. The van der Waals surface area contributed by atoms with Crippen LogP contribution in [-0.4, -0.2) is 69.4 Å². The van der Waals surface area contributed by atoms with Crippen LogP contribution in [0.3, 0.4) is 0 Å². The van der Waals surface area contributed by atoms with Crippen LogP contribution in [0.1, 0.15) is 25.0 Å². The maximum absolute atomic E-state index is 14.4. The number of hydrogen-bond donors (Lipinski definition) is 1. The van der Waals surface area contributed by atoms with Crippen LogP contribution in [0.2, 0.25) is 0 Å². The summed E-state index contributed by atoms with van der Waals surface area (Å²) in [7, 11) is -7.09. The standard InChI is InChI=1S/C29H30F2N2O6S2/c1-20-17-33(21(2)19-34)41(37,38)29-14-13-23(12-11-22-7-6-8-24(30)15-22)16-26(29)39-27(20)18-32(3)40(35,36)28-10-5-4-9-25(28)31/h4-10,13-16,20-21,27,34H,17-19H2,1-3H3/t20-,21-,27-/m1/s1. The molecule has 1 heterocycles. The number of ether oxygens (including phenoxy) is 1. The van der Waals surface area contributed by atoms with E-state index < -0.39 is 61.2 Å². The summed E-state index contributed by atoms with van der Waals surface area (Å²) in [6.07, 6.45) is -0.865. The van der Waals surface area contributed by atoms with E-state index in [-0.39, 0.29) is 23.7 Å². The van der Waals surface area contributed by atoms with Crippen molar-refractivity contribution >= 4 is 20.0 Å². The first-order valence-corrected chi connectivity index (χ1v) is 15.6. The molecule has 0 aromatic heterocycles. The van der Waals surface area contributed by atoms with E-state index in [1.54, 1.807) is 19.9 Å². The normalized spacial score (nSPS) is 19.7. The third-order valence-corrected chi connectivity index (χ3v) is 10.7. The van der Waals surface area contributed by atoms with Crippen LogP contribution in [0.15, 0.2) is 76.5 Å². The van der Waals surface area contributed by atoms with Crippen molar-refractivity contribution in [3.8, 4) is 17.6 Å². The Labute approximate surface area is 239 Å². The van der Waals surface area contributed by atoms with Gasteiger partial charge < -0.3 is 9.84 Å². The van der Waals surface area contributed by atoms with E-state index in [1.807, 2.05) is 0 Å². The van der Waals surface area contributed by atoms with E-state index in [0.29, 0.717) is 11.1 Å². The molecule has 8 nitrogen and oxygen atoms in total. The van der Waals surface area contributed by atoms with E-state index in [4.69, 9.17) is 4.74 Å². The van der Waals surface area contributed by atoms with Gasteiger partial charge >= 0.3 is 0 Å². The molecule has 3 aromatic carbocycles. The maximum atomic E-state index is 14.4. The quantitative estimate of drug-likeness (QED) is 0.433. The van der Waals surface area contributed by atoms with Crippen LogP contribution in [0.25, 0.3) is 0 Å². The fourth-order valence-corrected chi connectivity index (χ4v) is 7.47. The number of aliphatic hydroxyl groups is 1. The summed E-state index contributed by atoms with van der Waals surface area (Å²) in [5.74, 6) is 3.75. The minimum absolute atomic E-state index is 0.0561. The van der Waals surface area contributed by atoms with Gasteiger partial charge in [0.2, 0.25) is 20.0 Å². The van der Waals surface area contributed by atoms with Crippen molar-refractivity contribution in [3.05, 3.63) is 89.5 Å². The molecule has 41 heavy (non-hydrogen) atoms. The zero-order chi connectivity index (χ0) is 29.9. The van der Waals surface area contributed by atoms with E-state index in [1.165, 1.54) is 61.6 Å². The summed E-state index contributed by atoms with van der Waals surface area (Å²) in [5.41, 5.74) is 0.795. The fraction of sp³-hybridized carbons (Fsp3) is 0.310. The summed E-state index contributed by atoms with van der Waals surface area (Å²) in [5, 5.41) is 9.82. The number of benzene rings is 3. The molecule has 0 bridgehead atoms. The Balaban J connectivity index is 1.76. The maximum Gasteiger partial charge on any atom is 0.247 e. The number of nitrogens with zero attached hydrogens (tertiary/aromatic N) is 2. The van der Waals surface area contributed by atoms with Crippen molar-refractivity contribution in [2.75, 3.05) is 26.7 Å². The van der Waals surface area contributed by atoms with Crippen LogP contribution in [0, 0.1) is 29.4 Å². The Morgan fingerprint density at radius 3 is 2.41 bits per heavy atom. The van der Waals surface area contributed by atoms with Crippen LogP contribution >= 0.6 is 0 Å². The molecule has 1 aliphatic heterocycles. The molecule has 4 rings (SSSR count). The molecular weight excluding hydrogens is 574 g/mol. The highest BCUT2D eigenvalue weighted by molar-refractivity contribution is 7.89. The van der Waals surface area contributed by atoms with Gasteiger partial charge in [0.05, 0.1) is 13.2 Å². The molecule has 1 aliphatic rings. The molecule has 12 heteroatoms. The third kappa shape index (κ3) is 6.60. The first-order valence-electron chi connectivity index (χ1n) is 12.8. The smallest absolute Gasteiger partial charge is 0.247 e. The van der Waals surface area contributed by atoms with E-state index in [0.717, 1.165) is 14.7 Å². The highest BCUT2D eigenvalue weighted by Crippen LogP contribution is 2.34. The molecule has 0 aliphatic carbocycles. The van der Waals surface area contributed by atoms with Gasteiger partial charge in [-0.3, -0.25) is 0 Å². The zero-order valence-electron chi connectivity index (χ0n) is 22.7. The number of aliphatic hydroxyl groups excluding tert-OH is 1. The van der Waals surface area contributed by atoms with Crippen LogP contribution in [-0.2, 0) is 20.0 Å². The first-order chi connectivity index (χ1) is 19.3. The minimum Gasteiger partial charge on any atom is -0.487 e. The summed E-state index contributed by atoms with van der Waals surface area (Å²) >= 11 is 0. The monoisotopic (exact) mass is 604 g/mol.